The number of quaternary nitrogens is 1. The smallest absolute Gasteiger partial charge is 0.508 e. The molecule has 6 nitrogen and oxygen atoms in total. The molecule has 1 heterocycles. The number of benzene rings is 1. The van der Waals surface area contributed by atoms with Crippen LogP contribution in [0.5, 0.6) is 5.75 Å². The average molecular weight is 278 g/mol. The number of hydrogen-bond acceptors (Lipinski definition) is 4. The quantitative estimate of drug-likeness (QED) is 0.461. The summed E-state index contributed by atoms with van der Waals surface area (Å²) < 4.78 is -0.708. The van der Waals surface area contributed by atoms with Crippen LogP contribution in [-0.4, -0.2) is 39.0 Å². The van der Waals surface area contributed by atoms with Gasteiger partial charge in [-0.05, 0) is 32.9 Å². The van der Waals surface area contributed by atoms with Crippen molar-refractivity contribution in [1.29, 1.82) is 0 Å². The fourth-order valence-corrected chi connectivity index (χ4v) is 2.86. The van der Waals surface area contributed by atoms with E-state index in [4.69, 9.17) is 0 Å². The van der Waals surface area contributed by atoms with Crippen LogP contribution in [0.3, 0.4) is 0 Å². The number of fused-ring (bicyclic) bond motifs is 1. The van der Waals surface area contributed by atoms with Crippen LogP contribution < -0.4 is 4.48 Å². The van der Waals surface area contributed by atoms with Gasteiger partial charge in [-0.15, -0.1) is 0 Å². The highest BCUT2D eigenvalue weighted by atomic mass is 16.4. The molecule has 0 aliphatic carbocycles. The van der Waals surface area contributed by atoms with Crippen molar-refractivity contribution >= 4 is 25.0 Å². The summed E-state index contributed by atoms with van der Waals surface area (Å²) in [5, 5.41) is 38.5. The number of phenols is 1. The van der Waals surface area contributed by atoms with Gasteiger partial charge in [0.25, 0.3) is 0 Å². The highest BCUT2D eigenvalue weighted by Crippen LogP contribution is 2.47. The van der Waals surface area contributed by atoms with Gasteiger partial charge in [0.05, 0.1) is 0 Å². The minimum absolute atomic E-state index is 0.00826. The first-order chi connectivity index (χ1) is 9.12. The van der Waals surface area contributed by atoms with E-state index in [0.717, 1.165) is 0 Å². The molecule has 1 unspecified atom stereocenters. The number of phenolic OH excluding ortho intramolecular Hbond substituents is 1. The molecule has 106 valence electrons. The van der Waals surface area contributed by atoms with Crippen LogP contribution in [0, 0.1) is 0 Å². The van der Waals surface area contributed by atoms with E-state index in [9.17, 15) is 25.1 Å². The number of rotatable bonds is 1. The maximum atomic E-state index is 12.0. The Morgan fingerprint density at radius 3 is 2.30 bits per heavy atom. The summed E-state index contributed by atoms with van der Waals surface area (Å²) in [6.45, 7) is 5.12. The first-order valence-corrected chi connectivity index (χ1v) is 6.17. The molecular weight excluding hydrogens is 261 g/mol. The molecule has 0 saturated carbocycles. The zero-order valence-electron chi connectivity index (χ0n) is 11.5. The highest BCUT2D eigenvalue weighted by Gasteiger charge is 2.60. The van der Waals surface area contributed by atoms with Crippen molar-refractivity contribution in [3.63, 3.8) is 0 Å². The normalized spacial score (nSPS) is 21.4. The molecule has 0 saturated heterocycles. The molecule has 1 atom stereocenters. The minimum Gasteiger partial charge on any atom is -0.508 e. The largest absolute Gasteiger partial charge is 0.549 e. The number of carboxylic acid groups (broad SMARTS) is 1. The Bertz CT molecular complexity index is 605. The highest BCUT2D eigenvalue weighted by molar-refractivity contribution is 6.53. The molecule has 0 spiro atoms. The van der Waals surface area contributed by atoms with Gasteiger partial charge in [-0.1, -0.05) is 0 Å². The van der Waals surface area contributed by atoms with Crippen LogP contribution in [0.4, 0.5) is 10.5 Å². The Morgan fingerprint density at radius 1 is 1.25 bits per heavy atom. The van der Waals surface area contributed by atoms with Crippen LogP contribution in [0.15, 0.2) is 23.8 Å². The van der Waals surface area contributed by atoms with Crippen LogP contribution in [0.1, 0.15) is 26.3 Å². The topological polar surface area (TPSA) is 98.0 Å². The first-order valence-electron chi connectivity index (χ1n) is 6.17. The lowest BCUT2D eigenvalue weighted by Crippen LogP contribution is -2.65. The number of amides is 1. The lowest BCUT2D eigenvalue weighted by Gasteiger charge is -2.41. The lowest BCUT2D eigenvalue weighted by molar-refractivity contribution is 0.126. The van der Waals surface area contributed by atoms with Crippen molar-refractivity contribution in [2.45, 2.75) is 26.3 Å². The van der Waals surface area contributed by atoms with Gasteiger partial charge in [-0.2, -0.15) is 9.28 Å². The molecule has 1 aromatic carbocycles. The van der Waals surface area contributed by atoms with Gasteiger partial charge in [0.2, 0.25) is 0 Å². The van der Waals surface area contributed by atoms with E-state index in [0.29, 0.717) is 11.3 Å². The third-order valence-corrected chi connectivity index (χ3v) is 3.62. The van der Waals surface area contributed by atoms with Gasteiger partial charge in [0.1, 0.15) is 11.3 Å². The average Bonchev–Trinajstić information content (AvgIpc) is 2.63. The standard InChI is InChI=1S/C13H16BNO5/c1-13(2,3)15(12(17)18)10-5-4-9(16)6-8(10)7-11(15)14(19)20/h4-7,19-20H,1-3H3,(H-,16,17,18)/p+1. The Labute approximate surface area is 116 Å². The minimum atomic E-state index is -1.90. The van der Waals surface area contributed by atoms with Gasteiger partial charge in [0.15, 0.2) is 11.3 Å². The third-order valence-electron chi connectivity index (χ3n) is 3.62. The van der Waals surface area contributed by atoms with Gasteiger partial charge in [-0.3, -0.25) is 0 Å². The van der Waals surface area contributed by atoms with Crippen LogP contribution >= 0.6 is 0 Å². The van der Waals surface area contributed by atoms with Crippen molar-refractivity contribution in [1.82, 2.24) is 4.48 Å². The Kier molecular flexibility index (Phi) is 3.16. The van der Waals surface area contributed by atoms with E-state index in [1.54, 1.807) is 20.8 Å². The van der Waals surface area contributed by atoms with Gasteiger partial charge in [0, 0.05) is 17.7 Å². The molecule has 0 radical (unpaired) electrons. The Balaban J connectivity index is 2.85. The maximum Gasteiger partial charge on any atom is 0.549 e. The predicted octanol–water partition coefficient (Wildman–Crippen LogP) is 1.54. The zero-order valence-corrected chi connectivity index (χ0v) is 11.5. The van der Waals surface area contributed by atoms with Crippen molar-refractivity contribution in [2.24, 2.45) is 0 Å². The van der Waals surface area contributed by atoms with Gasteiger partial charge < -0.3 is 20.3 Å². The molecule has 1 aliphatic rings. The van der Waals surface area contributed by atoms with E-state index in [1.165, 1.54) is 24.3 Å². The summed E-state index contributed by atoms with van der Waals surface area (Å²) >= 11 is 0. The summed E-state index contributed by atoms with van der Waals surface area (Å²) in [4.78, 5) is 12.0. The summed E-state index contributed by atoms with van der Waals surface area (Å²) in [6, 6.07) is 4.29. The van der Waals surface area contributed by atoms with E-state index in [2.05, 4.69) is 0 Å². The van der Waals surface area contributed by atoms with E-state index >= 15 is 0 Å². The monoisotopic (exact) mass is 278 g/mol. The Morgan fingerprint density at radius 2 is 1.85 bits per heavy atom. The van der Waals surface area contributed by atoms with Crippen molar-refractivity contribution in [3.8, 4) is 5.75 Å². The molecule has 0 aromatic heterocycles. The Hall–Kier alpha value is -1.83. The summed E-state index contributed by atoms with van der Waals surface area (Å²) in [7, 11) is -1.90. The van der Waals surface area contributed by atoms with E-state index in [-0.39, 0.29) is 11.3 Å². The third kappa shape index (κ3) is 1.75. The molecule has 7 heteroatoms. The van der Waals surface area contributed by atoms with Crippen molar-refractivity contribution in [2.75, 3.05) is 0 Å². The van der Waals surface area contributed by atoms with Crippen LogP contribution in [0.25, 0.3) is 6.08 Å². The first kappa shape index (κ1) is 14.6. The molecule has 20 heavy (non-hydrogen) atoms. The number of nitrogens with zero attached hydrogens (tertiary/aromatic N) is 1. The van der Waals surface area contributed by atoms with Crippen molar-refractivity contribution in [3.05, 3.63) is 29.4 Å². The SMILES string of the molecule is CC(C)(C)[N+]1(C(=O)O)C(B(O)O)=Cc2cc(O)ccc21. The van der Waals surface area contributed by atoms with Crippen molar-refractivity contribution < 1.29 is 25.1 Å². The fourth-order valence-electron chi connectivity index (χ4n) is 2.86. The molecule has 4 N–H and O–H groups in total. The molecular formula is C13H17BNO5+. The van der Waals surface area contributed by atoms with Gasteiger partial charge in [-0.25, -0.2) is 0 Å². The second-order valence-corrected chi connectivity index (χ2v) is 5.81. The van der Waals surface area contributed by atoms with Crippen LogP contribution in [0.2, 0.25) is 0 Å². The second kappa shape index (κ2) is 4.34. The number of carbonyl (C=O) groups is 1. The molecule has 1 aromatic rings. The molecule has 1 aliphatic heterocycles. The summed E-state index contributed by atoms with van der Waals surface area (Å²) in [5.41, 5.74) is -0.0363. The fraction of sp³-hybridized carbons (Fsp3) is 0.308. The van der Waals surface area contributed by atoms with Gasteiger partial charge >= 0.3 is 13.2 Å². The maximum absolute atomic E-state index is 12.0. The van der Waals surface area contributed by atoms with E-state index < -0.39 is 23.2 Å². The number of aromatic hydroxyl groups is 1. The summed E-state index contributed by atoms with van der Waals surface area (Å²) in [6.07, 6.45) is 0.195. The molecule has 0 fully saturated rings. The van der Waals surface area contributed by atoms with E-state index in [1.807, 2.05) is 0 Å². The molecule has 1 amide bonds. The molecule has 0 bridgehead atoms. The molecule has 2 rings (SSSR count). The number of hydrogen-bond donors (Lipinski definition) is 4. The van der Waals surface area contributed by atoms with Crippen LogP contribution in [-0.2, 0) is 0 Å². The lowest BCUT2D eigenvalue weighted by atomic mass is 9.81. The zero-order chi connectivity index (χ0) is 15.3. The predicted molar refractivity (Wildman–Crippen MR) is 75.8 cm³/mol. The second-order valence-electron chi connectivity index (χ2n) is 5.81. The summed E-state index contributed by atoms with van der Waals surface area (Å²) in [5.74, 6) is -0.00826.